The Balaban J connectivity index is 1.58. The molecule has 0 bridgehead atoms. The Morgan fingerprint density at radius 3 is 2.61 bits per heavy atom. The summed E-state index contributed by atoms with van der Waals surface area (Å²) in [5, 5.41) is 0.640. The number of benzene rings is 1. The molecule has 0 atom stereocenters. The van der Waals surface area contributed by atoms with Gasteiger partial charge in [0.15, 0.2) is 0 Å². The van der Waals surface area contributed by atoms with Crippen LogP contribution >= 0.6 is 11.6 Å². The number of fused-ring (bicyclic) bond motifs is 1. The first-order valence-electron chi connectivity index (χ1n) is 9.40. The fourth-order valence-corrected chi connectivity index (χ4v) is 4.09. The van der Waals surface area contributed by atoms with Crippen molar-refractivity contribution in [1.82, 2.24) is 9.38 Å². The lowest BCUT2D eigenvalue weighted by molar-refractivity contribution is -0.152. The van der Waals surface area contributed by atoms with E-state index in [1.54, 1.807) is 18.3 Å². The molecule has 144 valence electrons. The number of aromatic nitrogens is 2. The van der Waals surface area contributed by atoms with E-state index in [2.05, 4.69) is 4.98 Å². The van der Waals surface area contributed by atoms with E-state index >= 15 is 0 Å². The van der Waals surface area contributed by atoms with Gasteiger partial charge in [0.25, 0.3) is 5.56 Å². The molecule has 0 aliphatic heterocycles. The van der Waals surface area contributed by atoms with Crippen molar-refractivity contribution in [2.75, 3.05) is 0 Å². The maximum atomic E-state index is 13.1. The number of carbonyl (C=O) groups is 1. The molecule has 5 nitrogen and oxygen atoms in total. The van der Waals surface area contributed by atoms with E-state index in [-0.39, 0.29) is 18.1 Å². The van der Waals surface area contributed by atoms with Crippen LogP contribution in [-0.2, 0) is 21.6 Å². The Kier molecular flexibility index (Phi) is 4.94. The van der Waals surface area contributed by atoms with Crippen molar-refractivity contribution < 1.29 is 9.53 Å². The minimum atomic E-state index is -0.646. The minimum Gasteiger partial charge on any atom is -0.458 e. The van der Waals surface area contributed by atoms with Crippen LogP contribution in [0.2, 0.25) is 5.02 Å². The van der Waals surface area contributed by atoms with Gasteiger partial charge in [-0.3, -0.25) is 14.0 Å². The molecule has 3 aromatic rings. The van der Waals surface area contributed by atoms with Crippen LogP contribution in [0, 0.1) is 6.92 Å². The van der Waals surface area contributed by atoms with Crippen LogP contribution in [0.3, 0.4) is 0 Å². The number of hydrogen-bond acceptors (Lipinski definition) is 4. The van der Waals surface area contributed by atoms with Gasteiger partial charge in [0, 0.05) is 17.3 Å². The van der Waals surface area contributed by atoms with Gasteiger partial charge < -0.3 is 4.74 Å². The maximum Gasteiger partial charge on any atom is 0.316 e. The molecule has 2 heterocycles. The second-order valence-electron chi connectivity index (χ2n) is 7.39. The summed E-state index contributed by atoms with van der Waals surface area (Å²) in [7, 11) is 0. The van der Waals surface area contributed by atoms with E-state index in [9.17, 15) is 9.59 Å². The van der Waals surface area contributed by atoms with Crippen LogP contribution in [-0.4, -0.2) is 15.4 Å². The van der Waals surface area contributed by atoms with Crippen molar-refractivity contribution in [1.29, 1.82) is 0 Å². The summed E-state index contributed by atoms with van der Waals surface area (Å²) in [5.41, 5.74) is 2.10. The zero-order chi connectivity index (χ0) is 19.7. The highest BCUT2D eigenvalue weighted by atomic mass is 35.5. The van der Waals surface area contributed by atoms with Gasteiger partial charge in [-0.15, -0.1) is 0 Å². The van der Waals surface area contributed by atoms with Gasteiger partial charge in [-0.05, 0) is 55.2 Å². The molecule has 0 amide bonds. The number of rotatable bonds is 4. The molecule has 6 heteroatoms. The Morgan fingerprint density at radius 1 is 1.18 bits per heavy atom. The van der Waals surface area contributed by atoms with Crippen LogP contribution in [0.25, 0.3) is 5.65 Å². The fraction of sp³-hybridized carbons (Fsp3) is 0.318. The molecular formula is C22H21ClN2O3. The zero-order valence-electron chi connectivity index (χ0n) is 15.7. The van der Waals surface area contributed by atoms with Crippen molar-refractivity contribution in [3.8, 4) is 0 Å². The van der Waals surface area contributed by atoms with Crippen LogP contribution in [0.1, 0.15) is 42.5 Å². The monoisotopic (exact) mass is 396 g/mol. The average Bonchev–Trinajstić information content (AvgIpc) is 3.17. The first-order chi connectivity index (χ1) is 13.5. The Hall–Kier alpha value is -2.66. The summed E-state index contributed by atoms with van der Waals surface area (Å²) in [5.74, 6) is -0.265. The third-order valence-corrected chi connectivity index (χ3v) is 5.72. The summed E-state index contributed by atoms with van der Waals surface area (Å²) in [6.07, 6.45) is 5.16. The largest absolute Gasteiger partial charge is 0.458 e. The highest BCUT2D eigenvalue weighted by Gasteiger charge is 2.44. The summed E-state index contributed by atoms with van der Waals surface area (Å²) in [6.45, 7) is 1.92. The van der Waals surface area contributed by atoms with Gasteiger partial charge in [0.2, 0.25) is 0 Å². The van der Waals surface area contributed by atoms with E-state index in [1.807, 2.05) is 31.2 Å². The Morgan fingerprint density at radius 2 is 1.89 bits per heavy atom. The molecule has 4 rings (SSSR count). The zero-order valence-corrected chi connectivity index (χ0v) is 16.4. The fourth-order valence-electron chi connectivity index (χ4n) is 3.96. The number of carbonyl (C=O) groups excluding carboxylic acids is 1. The van der Waals surface area contributed by atoms with Gasteiger partial charge >= 0.3 is 5.97 Å². The molecule has 2 aromatic heterocycles. The predicted molar refractivity (Wildman–Crippen MR) is 108 cm³/mol. The van der Waals surface area contributed by atoms with E-state index < -0.39 is 5.41 Å². The molecule has 0 N–H and O–H groups in total. The van der Waals surface area contributed by atoms with Crippen molar-refractivity contribution >= 4 is 23.2 Å². The quantitative estimate of drug-likeness (QED) is 0.620. The Bertz CT molecular complexity index is 1080. The maximum absolute atomic E-state index is 13.1. The lowest BCUT2D eigenvalue weighted by atomic mass is 9.79. The van der Waals surface area contributed by atoms with Gasteiger partial charge in [-0.1, -0.05) is 36.6 Å². The van der Waals surface area contributed by atoms with E-state index in [1.165, 1.54) is 10.5 Å². The van der Waals surface area contributed by atoms with Gasteiger partial charge in [-0.25, -0.2) is 4.98 Å². The normalized spacial score (nSPS) is 15.6. The molecule has 1 aliphatic carbocycles. The Labute approximate surface area is 167 Å². The summed E-state index contributed by atoms with van der Waals surface area (Å²) in [6, 6.07) is 12.5. The minimum absolute atomic E-state index is 0.0200. The predicted octanol–water partition coefficient (Wildman–Crippen LogP) is 4.21. The summed E-state index contributed by atoms with van der Waals surface area (Å²) < 4.78 is 7.13. The molecule has 28 heavy (non-hydrogen) atoms. The average molecular weight is 397 g/mol. The third kappa shape index (κ3) is 3.42. The van der Waals surface area contributed by atoms with Crippen molar-refractivity contribution in [3.05, 3.63) is 80.9 Å². The number of halogens is 1. The molecule has 1 aromatic carbocycles. The van der Waals surface area contributed by atoms with Gasteiger partial charge in [0.05, 0.1) is 11.1 Å². The lowest BCUT2D eigenvalue weighted by Crippen LogP contribution is -2.34. The number of pyridine rings is 1. The number of esters is 1. The molecule has 1 saturated carbocycles. The molecule has 1 fully saturated rings. The van der Waals surface area contributed by atoms with Crippen molar-refractivity contribution in [2.24, 2.45) is 0 Å². The number of ether oxygens (including phenoxy) is 1. The molecule has 0 saturated heterocycles. The number of nitrogens with zero attached hydrogens (tertiary/aromatic N) is 2. The highest BCUT2D eigenvalue weighted by Crippen LogP contribution is 2.42. The van der Waals surface area contributed by atoms with Crippen LogP contribution in [0.5, 0.6) is 0 Å². The highest BCUT2D eigenvalue weighted by molar-refractivity contribution is 6.30. The van der Waals surface area contributed by atoms with Crippen molar-refractivity contribution in [2.45, 2.75) is 44.6 Å². The van der Waals surface area contributed by atoms with E-state index in [0.717, 1.165) is 36.8 Å². The number of hydrogen-bond donors (Lipinski definition) is 0. The molecule has 1 aliphatic rings. The standard InChI is InChI=1S/C22H21ClN2O3/c1-15-8-11-25-19(12-15)24-18(13-20(25)26)14-28-21(27)22(9-2-3-10-22)16-4-6-17(23)7-5-16/h4-8,11-13H,2-3,9-10,14H2,1H3. The van der Waals surface area contributed by atoms with Crippen LogP contribution in [0.15, 0.2) is 53.5 Å². The van der Waals surface area contributed by atoms with E-state index in [4.69, 9.17) is 16.3 Å². The number of aryl methyl sites for hydroxylation is 1. The van der Waals surface area contributed by atoms with Crippen molar-refractivity contribution in [3.63, 3.8) is 0 Å². The van der Waals surface area contributed by atoms with Crippen LogP contribution in [0.4, 0.5) is 0 Å². The van der Waals surface area contributed by atoms with Gasteiger partial charge in [0.1, 0.15) is 12.3 Å². The van der Waals surface area contributed by atoms with Gasteiger partial charge in [-0.2, -0.15) is 0 Å². The SMILES string of the molecule is Cc1ccn2c(=O)cc(COC(=O)C3(c4ccc(Cl)cc4)CCCC3)nc2c1. The molecular weight excluding hydrogens is 376 g/mol. The first-order valence-corrected chi connectivity index (χ1v) is 9.78. The third-order valence-electron chi connectivity index (χ3n) is 5.47. The summed E-state index contributed by atoms with van der Waals surface area (Å²) >= 11 is 6.00. The summed E-state index contributed by atoms with van der Waals surface area (Å²) in [4.78, 5) is 29.8. The molecule has 0 unspecified atom stereocenters. The second kappa shape index (κ2) is 7.40. The second-order valence-corrected chi connectivity index (χ2v) is 7.83. The van der Waals surface area contributed by atoms with Crippen LogP contribution < -0.4 is 5.56 Å². The first kappa shape index (κ1) is 18.7. The lowest BCUT2D eigenvalue weighted by Gasteiger charge is -2.27. The molecule has 0 radical (unpaired) electrons. The smallest absolute Gasteiger partial charge is 0.316 e. The topological polar surface area (TPSA) is 60.7 Å². The van der Waals surface area contributed by atoms with E-state index in [0.29, 0.717) is 16.4 Å². The molecule has 0 spiro atoms.